The van der Waals surface area contributed by atoms with Gasteiger partial charge in [0.1, 0.15) is 5.56 Å². The average molecular weight is 518 g/mol. The van der Waals surface area contributed by atoms with Crippen LogP contribution in [0.4, 0.5) is 23.0 Å². The van der Waals surface area contributed by atoms with Crippen LogP contribution in [-0.4, -0.2) is 66.2 Å². The van der Waals surface area contributed by atoms with Gasteiger partial charge in [0.2, 0.25) is 5.95 Å². The first-order valence-electron chi connectivity index (χ1n) is 12.3. The molecule has 2 aromatic carbocycles. The van der Waals surface area contributed by atoms with Gasteiger partial charge in [0.25, 0.3) is 0 Å². The third-order valence-electron chi connectivity index (χ3n) is 6.35. The van der Waals surface area contributed by atoms with Gasteiger partial charge in [0, 0.05) is 61.7 Å². The molecule has 9 heteroatoms. The zero-order valence-corrected chi connectivity index (χ0v) is 22.4. The molecule has 4 aromatic rings. The Bertz CT molecular complexity index is 1430. The minimum absolute atomic E-state index is 0. The second kappa shape index (κ2) is 12.0. The molecule has 0 spiro atoms. The molecule has 2 aromatic heterocycles. The van der Waals surface area contributed by atoms with E-state index in [-0.39, 0.29) is 14.0 Å². The predicted molar refractivity (Wildman–Crippen MR) is 157 cm³/mol. The van der Waals surface area contributed by atoms with Gasteiger partial charge in [0.05, 0.1) is 23.7 Å². The van der Waals surface area contributed by atoms with Crippen LogP contribution < -0.4 is 16.0 Å². The molecule has 202 valence electrons. The van der Waals surface area contributed by atoms with E-state index in [2.05, 4.69) is 40.3 Å². The third kappa shape index (κ3) is 5.89. The zero-order valence-electron chi connectivity index (χ0n) is 22.4. The summed E-state index contributed by atoms with van der Waals surface area (Å²) < 4.78 is 7.32. The van der Waals surface area contributed by atoms with Crippen molar-refractivity contribution >= 4 is 39.9 Å². The van der Waals surface area contributed by atoms with E-state index in [4.69, 9.17) is 15.5 Å². The summed E-state index contributed by atoms with van der Waals surface area (Å²) in [4.78, 5) is 26.3. The van der Waals surface area contributed by atoms with Crippen LogP contribution in [0.25, 0.3) is 22.2 Å². The van der Waals surface area contributed by atoms with Crippen molar-refractivity contribution in [1.82, 2.24) is 19.4 Å². The number of nitrogens with zero attached hydrogens (tertiary/aromatic N) is 5. The number of rotatable bonds is 9. The molecule has 0 aliphatic heterocycles. The van der Waals surface area contributed by atoms with Gasteiger partial charge in [-0.05, 0) is 51.7 Å². The lowest BCUT2D eigenvalue weighted by molar-refractivity contribution is 0.0526. The van der Waals surface area contributed by atoms with Gasteiger partial charge in [-0.25, -0.2) is 14.8 Å². The monoisotopic (exact) mass is 517 g/mol. The number of carbonyl (C=O) groups excluding carboxylic acids is 1. The maximum atomic E-state index is 12.8. The van der Waals surface area contributed by atoms with Crippen LogP contribution in [0.1, 0.15) is 30.3 Å². The number of nitrogens with one attached hydrogen (secondary N) is 1. The first-order chi connectivity index (χ1) is 17.7. The van der Waals surface area contributed by atoms with Crippen molar-refractivity contribution in [2.24, 2.45) is 7.05 Å². The van der Waals surface area contributed by atoms with Crippen molar-refractivity contribution in [2.45, 2.75) is 21.3 Å². The summed E-state index contributed by atoms with van der Waals surface area (Å²) in [5.41, 5.74) is 12.6. The van der Waals surface area contributed by atoms with Gasteiger partial charge in [-0.15, -0.1) is 0 Å². The Balaban J connectivity index is 0.00000400. The van der Waals surface area contributed by atoms with E-state index in [9.17, 15) is 4.79 Å². The molecule has 9 nitrogen and oxygen atoms in total. The van der Waals surface area contributed by atoms with E-state index in [1.165, 1.54) is 6.20 Å². The molecule has 0 aliphatic rings. The molecule has 0 radical (unpaired) electrons. The van der Waals surface area contributed by atoms with Gasteiger partial charge >= 0.3 is 5.97 Å². The summed E-state index contributed by atoms with van der Waals surface area (Å²) in [6, 6.07) is 12.0. The molecule has 0 saturated heterocycles. The highest BCUT2D eigenvalue weighted by molar-refractivity contribution is 6.03. The summed E-state index contributed by atoms with van der Waals surface area (Å²) in [6.07, 6.45) is 3.49. The number of hydrogen-bond donors (Lipinski definition) is 2. The molecule has 0 atom stereocenters. The highest BCUT2D eigenvalue weighted by Gasteiger charge is 2.21. The van der Waals surface area contributed by atoms with Crippen LogP contribution in [0.15, 0.2) is 48.8 Å². The summed E-state index contributed by atoms with van der Waals surface area (Å²) in [5.74, 6) is -0.0882. The average Bonchev–Trinajstić information content (AvgIpc) is 3.21. The molecule has 0 amide bonds. The summed E-state index contributed by atoms with van der Waals surface area (Å²) in [5, 5.41) is 4.30. The van der Waals surface area contributed by atoms with E-state index in [1.807, 2.05) is 62.1 Å². The lowest BCUT2D eigenvalue weighted by atomic mass is 10.1. The number of carbonyl (C=O) groups is 1. The Morgan fingerprint density at radius 2 is 1.89 bits per heavy atom. The fraction of sp³-hybridized carbons (Fsp3) is 0.345. The first kappa shape index (κ1) is 28.5. The summed E-state index contributed by atoms with van der Waals surface area (Å²) in [6.45, 7) is 5.84. The number of nitrogens with two attached hydrogens (primary N) is 1. The number of esters is 1. The molecule has 3 N–H and O–H groups in total. The third-order valence-corrected chi connectivity index (χ3v) is 6.35. The standard InChI is InChI=1S/C28H35N7O2.CH4/c1-7-37-27(36)20-16-30-28(32-26(20)21-17-35(6)24-11-9-8-10-19(21)24)31-23-15-22(29)25(14-18(23)2)34(5)13-12-33(3)4;/h8-11,14-17H,7,12-13,29H2,1-6H3,(H,30,31,32);1H4. The lowest BCUT2D eigenvalue weighted by Gasteiger charge is -2.24. The molecule has 0 fully saturated rings. The predicted octanol–water partition coefficient (Wildman–Crippen LogP) is 5.08. The number of nitrogen functional groups attached to an aromatic ring is 1. The van der Waals surface area contributed by atoms with E-state index in [1.54, 1.807) is 6.92 Å². The number of fused-ring (bicyclic) bond motifs is 1. The minimum atomic E-state index is -0.456. The lowest BCUT2D eigenvalue weighted by Crippen LogP contribution is -2.29. The van der Waals surface area contributed by atoms with Crippen LogP contribution in [0.3, 0.4) is 0 Å². The maximum Gasteiger partial charge on any atom is 0.341 e. The molecule has 0 unspecified atom stereocenters. The van der Waals surface area contributed by atoms with Gasteiger partial charge in [0.15, 0.2) is 0 Å². The fourth-order valence-corrected chi connectivity index (χ4v) is 4.30. The number of hydrogen-bond acceptors (Lipinski definition) is 8. The van der Waals surface area contributed by atoms with E-state index >= 15 is 0 Å². The number of likely N-dealkylation sites (N-methyl/N-ethyl adjacent to an activating group) is 2. The molecule has 4 rings (SSSR count). The molecular formula is C29H39N7O2. The second-order valence-electron chi connectivity index (χ2n) is 9.42. The Hall–Kier alpha value is -4.11. The van der Waals surface area contributed by atoms with Gasteiger partial charge < -0.3 is 30.2 Å². The number of ether oxygens (including phenoxy) is 1. The molecule has 0 saturated carbocycles. The van der Waals surface area contributed by atoms with Crippen molar-refractivity contribution in [2.75, 3.05) is 56.8 Å². The van der Waals surface area contributed by atoms with Gasteiger partial charge in [-0.3, -0.25) is 0 Å². The number of anilines is 4. The fourth-order valence-electron chi connectivity index (χ4n) is 4.30. The normalized spacial score (nSPS) is 10.9. The van der Waals surface area contributed by atoms with Crippen molar-refractivity contribution in [3.63, 3.8) is 0 Å². The van der Waals surface area contributed by atoms with Crippen LogP contribution in [-0.2, 0) is 11.8 Å². The van der Waals surface area contributed by atoms with E-state index in [0.717, 1.165) is 46.5 Å². The van der Waals surface area contributed by atoms with Crippen molar-refractivity contribution < 1.29 is 9.53 Å². The molecule has 0 bridgehead atoms. The number of para-hydroxylation sites is 1. The number of aryl methyl sites for hydroxylation is 2. The minimum Gasteiger partial charge on any atom is -0.462 e. The highest BCUT2D eigenvalue weighted by Crippen LogP contribution is 2.34. The number of aromatic nitrogens is 3. The zero-order chi connectivity index (χ0) is 26.7. The first-order valence-corrected chi connectivity index (χ1v) is 12.3. The van der Waals surface area contributed by atoms with Crippen molar-refractivity contribution in [3.05, 3.63) is 59.9 Å². The van der Waals surface area contributed by atoms with E-state index in [0.29, 0.717) is 22.9 Å². The Morgan fingerprint density at radius 3 is 2.61 bits per heavy atom. The van der Waals surface area contributed by atoms with Crippen molar-refractivity contribution in [1.29, 1.82) is 0 Å². The smallest absolute Gasteiger partial charge is 0.341 e. The molecular weight excluding hydrogens is 478 g/mol. The molecule has 2 heterocycles. The Labute approximate surface area is 225 Å². The maximum absolute atomic E-state index is 12.8. The van der Waals surface area contributed by atoms with Crippen LogP contribution in [0, 0.1) is 6.92 Å². The van der Waals surface area contributed by atoms with E-state index < -0.39 is 5.97 Å². The van der Waals surface area contributed by atoms with Crippen LogP contribution in [0.2, 0.25) is 0 Å². The summed E-state index contributed by atoms with van der Waals surface area (Å²) in [7, 11) is 8.11. The Kier molecular flexibility index (Phi) is 8.96. The van der Waals surface area contributed by atoms with Gasteiger partial charge in [-0.2, -0.15) is 0 Å². The SMILES string of the molecule is C.CCOC(=O)c1cnc(Nc2cc(N)c(N(C)CCN(C)C)cc2C)nc1-c1cn(C)c2ccccc12. The van der Waals surface area contributed by atoms with Crippen LogP contribution >= 0.6 is 0 Å². The molecule has 38 heavy (non-hydrogen) atoms. The van der Waals surface area contributed by atoms with Crippen molar-refractivity contribution in [3.8, 4) is 11.3 Å². The quantitative estimate of drug-likeness (QED) is 0.234. The molecule has 0 aliphatic carbocycles. The highest BCUT2D eigenvalue weighted by atomic mass is 16.5. The number of benzene rings is 2. The Morgan fingerprint density at radius 1 is 1.16 bits per heavy atom. The summed E-state index contributed by atoms with van der Waals surface area (Å²) >= 11 is 0. The topological polar surface area (TPSA) is 102 Å². The van der Waals surface area contributed by atoms with Crippen LogP contribution in [0.5, 0.6) is 0 Å². The largest absolute Gasteiger partial charge is 0.462 e. The van der Waals surface area contributed by atoms with Gasteiger partial charge in [-0.1, -0.05) is 25.6 Å². The second-order valence-corrected chi connectivity index (χ2v) is 9.42.